The lowest BCUT2D eigenvalue weighted by atomic mass is 10.3. The van der Waals surface area contributed by atoms with Crippen molar-refractivity contribution in [3.63, 3.8) is 0 Å². The lowest BCUT2D eigenvalue weighted by Crippen LogP contribution is -2.16. The van der Waals surface area contributed by atoms with Gasteiger partial charge in [0, 0.05) is 6.20 Å². The van der Waals surface area contributed by atoms with E-state index in [1.165, 1.54) is 4.40 Å². The third-order valence-electron chi connectivity index (χ3n) is 1.87. The number of nitrogen functional groups attached to an aromatic ring is 1. The van der Waals surface area contributed by atoms with Gasteiger partial charge in [-0.25, -0.2) is 0 Å². The first-order valence-corrected chi connectivity index (χ1v) is 4.13. The van der Waals surface area contributed by atoms with Gasteiger partial charge in [0.1, 0.15) is 0 Å². The number of fused-ring (bicyclic) bond motifs is 1. The monoisotopic (exact) mass is 194 g/mol. The van der Waals surface area contributed by atoms with Crippen LogP contribution in [0, 0.1) is 0 Å². The van der Waals surface area contributed by atoms with Crippen LogP contribution >= 0.6 is 11.6 Å². The van der Waals surface area contributed by atoms with Crippen molar-refractivity contribution < 1.29 is 0 Å². The molecule has 2 heterocycles. The van der Waals surface area contributed by atoms with Crippen LogP contribution < -0.4 is 11.3 Å². The Morgan fingerprint density at radius 3 is 2.85 bits per heavy atom. The summed E-state index contributed by atoms with van der Waals surface area (Å²) in [6.07, 6.45) is 1.64. The normalized spacial score (nSPS) is 10.5. The molecule has 0 amide bonds. The number of hydrogen-bond acceptors (Lipinski definition) is 2. The van der Waals surface area contributed by atoms with Crippen LogP contribution in [0.15, 0.2) is 35.3 Å². The van der Waals surface area contributed by atoms with Gasteiger partial charge in [0.25, 0.3) is 5.56 Å². The summed E-state index contributed by atoms with van der Waals surface area (Å²) in [5.41, 5.74) is 6.12. The zero-order valence-electron chi connectivity index (χ0n) is 6.70. The highest BCUT2D eigenvalue weighted by atomic mass is 35.5. The summed E-state index contributed by atoms with van der Waals surface area (Å²) < 4.78 is 1.43. The van der Waals surface area contributed by atoms with Gasteiger partial charge < -0.3 is 5.73 Å². The van der Waals surface area contributed by atoms with Gasteiger partial charge in [0.05, 0.1) is 16.2 Å². The smallest absolute Gasteiger partial charge is 0.278 e. The van der Waals surface area contributed by atoms with E-state index in [1.54, 1.807) is 30.5 Å². The molecule has 0 aliphatic heterocycles. The SMILES string of the molecule is Nc1ccc2c(Cl)cccn2c1=O. The Morgan fingerprint density at radius 1 is 1.31 bits per heavy atom. The molecule has 2 aromatic rings. The van der Waals surface area contributed by atoms with Gasteiger partial charge in [0.15, 0.2) is 0 Å². The van der Waals surface area contributed by atoms with Gasteiger partial charge in [0.2, 0.25) is 0 Å². The molecule has 0 aliphatic rings. The third kappa shape index (κ3) is 1.17. The van der Waals surface area contributed by atoms with Gasteiger partial charge >= 0.3 is 0 Å². The van der Waals surface area contributed by atoms with E-state index in [9.17, 15) is 4.79 Å². The average molecular weight is 195 g/mol. The standard InChI is InChI=1S/C9H7ClN2O/c10-6-2-1-5-12-8(6)4-3-7(11)9(12)13/h1-5H,11H2. The minimum atomic E-state index is -0.236. The summed E-state index contributed by atoms with van der Waals surface area (Å²) in [6, 6.07) is 6.71. The molecular formula is C9H7ClN2O. The summed E-state index contributed by atoms with van der Waals surface area (Å²) in [5, 5.41) is 0.541. The lowest BCUT2D eigenvalue weighted by Gasteiger charge is -2.02. The molecule has 66 valence electrons. The molecular weight excluding hydrogens is 188 g/mol. The molecule has 0 saturated carbocycles. The number of anilines is 1. The summed E-state index contributed by atoms with van der Waals surface area (Å²) in [5.74, 6) is 0. The van der Waals surface area contributed by atoms with E-state index in [1.807, 2.05) is 0 Å². The van der Waals surface area contributed by atoms with Gasteiger partial charge in [-0.1, -0.05) is 11.6 Å². The minimum absolute atomic E-state index is 0.222. The maximum atomic E-state index is 11.5. The Labute approximate surface area is 79.4 Å². The molecule has 0 aromatic carbocycles. The van der Waals surface area contributed by atoms with Crippen LogP contribution in [0.1, 0.15) is 0 Å². The Bertz CT molecular complexity index is 518. The Hall–Kier alpha value is -1.48. The summed E-state index contributed by atoms with van der Waals surface area (Å²) >= 11 is 5.88. The van der Waals surface area contributed by atoms with E-state index in [0.717, 1.165) is 0 Å². The van der Waals surface area contributed by atoms with Crippen molar-refractivity contribution in [3.05, 3.63) is 45.8 Å². The summed E-state index contributed by atoms with van der Waals surface area (Å²) in [4.78, 5) is 11.5. The molecule has 0 radical (unpaired) electrons. The van der Waals surface area contributed by atoms with E-state index in [2.05, 4.69) is 0 Å². The molecule has 4 heteroatoms. The van der Waals surface area contributed by atoms with Crippen LogP contribution in [0.25, 0.3) is 5.52 Å². The number of hydrogen-bond donors (Lipinski definition) is 1. The minimum Gasteiger partial charge on any atom is -0.394 e. The van der Waals surface area contributed by atoms with Crippen molar-refractivity contribution >= 4 is 22.8 Å². The molecule has 0 atom stereocenters. The zero-order valence-corrected chi connectivity index (χ0v) is 7.45. The van der Waals surface area contributed by atoms with E-state index < -0.39 is 0 Å². The maximum Gasteiger partial charge on any atom is 0.278 e. The molecule has 0 unspecified atom stereocenters. The number of halogens is 1. The van der Waals surface area contributed by atoms with Crippen LogP contribution in [0.2, 0.25) is 5.02 Å². The molecule has 2 N–H and O–H groups in total. The fourth-order valence-electron chi connectivity index (χ4n) is 1.21. The number of pyridine rings is 2. The zero-order chi connectivity index (χ0) is 9.42. The second kappa shape index (κ2) is 2.78. The highest BCUT2D eigenvalue weighted by molar-refractivity contribution is 6.33. The Kier molecular flexibility index (Phi) is 1.74. The molecule has 3 nitrogen and oxygen atoms in total. The molecule has 0 bridgehead atoms. The van der Waals surface area contributed by atoms with E-state index in [0.29, 0.717) is 10.5 Å². The largest absolute Gasteiger partial charge is 0.394 e. The average Bonchev–Trinajstić information content (AvgIpc) is 2.12. The van der Waals surface area contributed by atoms with Gasteiger partial charge in [-0.3, -0.25) is 9.20 Å². The first-order chi connectivity index (χ1) is 6.20. The molecule has 0 saturated heterocycles. The quantitative estimate of drug-likeness (QED) is 0.692. The first-order valence-electron chi connectivity index (χ1n) is 3.75. The highest BCUT2D eigenvalue weighted by Crippen LogP contribution is 2.15. The van der Waals surface area contributed by atoms with Crippen molar-refractivity contribution in [1.29, 1.82) is 0 Å². The fourth-order valence-corrected chi connectivity index (χ4v) is 1.44. The van der Waals surface area contributed by atoms with Gasteiger partial charge in [-0.2, -0.15) is 0 Å². The molecule has 0 aliphatic carbocycles. The van der Waals surface area contributed by atoms with Crippen molar-refractivity contribution in [2.45, 2.75) is 0 Å². The van der Waals surface area contributed by atoms with Crippen molar-refractivity contribution in [1.82, 2.24) is 4.40 Å². The van der Waals surface area contributed by atoms with E-state index in [-0.39, 0.29) is 11.2 Å². The van der Waals surface area contributed by atoms with E-state index >= 15 is 0 Å². The predicted octanol–water partition coefficient (Wildman–Crippen LogP) is 1.54. The van der Waals surface area contributed by atoms with Crippen molar-refractivity contribution in [3.8, 4) is 0 Å². The van der Waals surface area contributed by atoms with Crippen molar-refractivity contribution in [2.75, 3.05) is 5.73 Å². The summed E-state index contributed by atoms with van der Waals surface area (Å²) in [6.45, 7) is 0. The molecule has 0 spiro atoms. The van der Waals surface area contributed by atoms with Gasteiger partial charge in [-0.15, -0.1) is 0 Å². The van der Waals surface area contributed by atoms with Crippen LogP contribution in [-0.4, -0.2) is 4.40 Å². The first kappa shape index (κ1) is 8.13. The van der Waals surface area contributed by atoms with Gasteiger partial charge in [-0.05, 0) is 24.3 Å². The number of aromatic nitrogens is 1. The molecule has 2 rings (SSSR count). The van der Waals surface area contributed by atoms with Crippen LogP contribution in [0.3, 0.4) is 0 Å². The van der Waals surface area contributed by atoms with Crippen LogP contribution in [-0.2, 0) is 0 Å². The highest BCUT2D eigenvalue weighted by Gasteiger charge is 2.01. The Morgan fingerprint density at radius 2 is 2.08 bits per heavy atom. The van der Waals surface area contributed by atoms with Crippen LogP contribution in [0.4, 0.5) is 5.69 Å². The fraction of sp³-hybridized carbons (Fsp3) is 0. The number of rotatable bonds is 0. The Balaban J connectivity index is 3.03. The van der Waals surface area contributed by atoms with Crippen LogP contribution in [0.5, 0.6) is 0 Å². The number of nitrogens with two attached hydrogens (primary N) is 1. The molecule has 2 aromatic heterocycles. The second-order valence-electron chi connectivity index (χ2n) is 2.71. The molecule has 0 fully saturated rings. The predicted molar refractivity (Wildman–Crippen MR) is 53.1 cm³/mol. The third-order valence-corrected chi connectivity index (χ3v) is 2.19. The lowest BCUT2D eigenvalue weighted by molar-refractivity contribution is 1.10. The summed E-state index contributed by atoms with van der Waals surface area (Å²) in [7, 11) is 0. The second-order valence-corrected chi connectivity index (χ2v) is 3.11. The topological polar surface area (TPSA) is 47.5 Å². The maximum absolute atomic E-state index is 11.5. The van der Waals surface area contributed by atoms with E-state index in [4.69, 9.17) is 17.3 Å². The van der Waals surface area contributed by atoms with Crippen molar-refractivity contribution in [2.24, 2.45) is 0 Å². The molecule has 13 heavy (non-hydrogen) atoms. The number of nitrogens with zero attached hydrogens (tertiary/aromatic N) is 1.